The Labute approximate surface area is 153 Å². The average molecular weight is 374 g/mol. The Hall–Kier alpha value is -3.16. The van der Waals surface area contributed by atoms with Crippen molar-refractivity contribution >= 4 is 11.6 Å². The molecule has 3 aromatic rings. The molecule has 8 heteroatoms. The summed E-state index contributed by atoms with van der Waals surface area (Å²) in [6.45, 7) is 3.90. The fourth-order valence-electron chi connectivity index (χ4n) is 2.64. The van der Waals surface area contributed by atoms with Crippen LogP contribution in [0.2, 0.25) is 0 Å². The van der Waals surface area contributed by atoms with Gasteiger partial charge in [-0.2, -0.15) is 18.3 Å². The molecule has 0 aliphatic rings. The van der Waals surface area contributed by atoms with Crippen molar-refractivity contribution in [3.8, 4) is 5.69 Å². The molecule has 0 unspecified atom stereocenters. The maximum Gasteiger partial charge on any atom is 0.416 e. The molecule has 0 atom stereocenters. The molecule has 1 heterocycles. The number of aromatic nitrogens is 3. The van der Waals surface area contributed by atoms with Gasteiger partial charge in [0.2, 0.25) is 5.91 Å². The molecule has 5 nitrogen and oxygen atoms in total. The van der Waals surface area contributed by atoms with Gasteiger partial charge < -0.3 is 5.32 Å². The number of nitrogens with one attached hydrogen (secondary N) is 1. The van der Waals surface area contributed by atoms with Crippen molar-refractivity contribution in [3.05, 3.63) is 71.3 Å². The average Bonchev–Trinajstić information content (AvgIpc) is 3.11. The Morgan fingerprint density at radius 1 is 1.11 bits per heavy atom. The van der Waals surface area contributed by atoms with Crippen molar-refractivity contribution in [3.63, 3.8) is 0 Å². The summed E-state index contributed by atoms with van der Waals surface area (Å²) < 4.78 is 40.5. The molecule has 0 saturated carbocycles. The zero-order valence-corrected chi connectivity index (χ0v) is 14.7. The van der Waals surface area contributed by atoms with E-state index < -0.39 is 17.6 Å². The van der Waals surface area contributed by atoms with Gasteiger partial charge in [0.1, 0.15) is 12.7 Å². The monoisotopic (exact) mass is 374 g/mol. The van der Waals surface area contributed by atoms with Crippen LogP contribution in [0.15, 0.2) is 49.1 Å². The number of anilines is 1. The van der Waals surface area contributed by atoms with E-state index in [1.165, 1.54) is 23.4 Å². The van der Waals surface area contributed by atoms with Crippen LogP contribution in [-0.4, -0.2) is 20.7 Å². The number of hydrogen-bond donors (Lipinski definition) is 1. The van der Waals surface area contributed by atoms with Crippen LogP contribution in [0.3, 0.4) is 0 Å². The molecule has 1 amide bonds. The summed E-state index contributed by atoms with van der Waals surface area (Å²) >= 11 is 0. The molecule has 2 aromatic carbocycles. The number of rotatable bonds is 4. The van der Waals surface area contributed by atoms with Gasteiger partial charge in [-0.25, -0.2) is 9.67 Å². The lowest BCUT2D eigenvalue weighted by molar-refractivity contribution is -0.137. The van der Waals surface area contributed by atoms with E-state index in [4.69, 9.17) is 0 Å². The number of carbonyl (C=O) groups excluding carboxylic acids is 1. The summed E-state index contributed by atoms with van der Waals surface area (Å²) in [7, 11) is 0. The molecule has 3 rings (SSSR count). The van der Waals surface area contributed by atoms with E-state index in [9.17, 15) is 18.0 Å². The van der Waals surface area contributed by atoms with Crippen LogP contribution in [0.4, 0.5) is 18.9 Å². The highest BCUT2D eigenvalue weighted by Gasteiger charge is 2.31. The molecule has 0 aliphatic carbocycles. The highest BCUT2D eigenvalue weighted by Crippen LogP contribution is 2.33. The number of alkyl halides is 3. The van der Waals surface area contributed by atoms with Crippen molar-refractivity contribution in [1.82, 2.24) is 14.8 Å². The third-order valence-electron chi connectivity index (χ3n) is 4.20. The summed E-state index contributed by atoms with van der Waals surface area (Å²) in [4.78, 5) is 16.2. The zero-order chi connectivity index (χ0) is 19.6. The van der Waals surface area contributed by atoms with Crippen molar-refractivity contribution in [2.45, 2.75) is 26.4 Å². The second-order valence-corrected chi connectivity index (χ2v) is 6.21. The van der Waals surface area contributed by atoms with Crippen LogP contribution in [0.5, 0.6) is 0 Å². The first-order chi connectivity index (χ1) is 12.7. The summed E-state index contributed by atoms with van der Waals surface area (Å²) in [5, 5.41) is 6.49. The number of amides is 1. The van der Waals surface area contributed by atoms with Gasteiger partial charge in [-0.3, -0.25) is 4.79 Å². The van der Waals surface area contributed by atoms with Crippen LogP contribution in [0.1, 0.15) is 22.3 Å². The van der Waals surface area contributed by atoms with Gasteiger partial charge in [0, 0.05) is 0 Å². The lowest BCUT2D eigenvalue weighted by Gasteiger charge is -2.14. The second-order valence-electron chi connectivity index (χ2n) is 6.21. The maximum absolute atomic E-state index is 13.1. The number of halogens is 3. The summed E-state index contributed by atoms with van der Waals surface area (Å²) in [5.41, 5.74) is 2.39. The van der Waals surface area contributed by atoms with E-state index in [2.05, 4.69) is 15.4 Å². The maximum atomic E-state index is 13.1. The highest BCUT2D eigenvalue weighted by molar-refractivity contribution is 5.94. The number of carbonyl (C=O) groups is 1. The first-order valence-electron chi connectivity index (χ1n) is 8.16. The molecule has 0 spiro atoms. The van der Waals surface area contributed by atoms with Crippen molar-refractivity contribution in [1.29, 1.82) is 0 Å². The molecule has 0 bridgehead atoms. The Morgan fingerprint density at radius 2 is 1.89 bits per heavy atom. The van der Waals surface area contributed by atoms with Crippen LogP contribution in [0, 0.1) is 13.8 Å². The summed E-state index contributed by atoms with van der Waals surface area (Å²) in [6, 6.07) is 8.71. The lowest BCUT2D eigenvalue weighted by atomic mass is 10.0. The molecule has 1 aromatic heterocycles. The molecule has 1 N–H and O–H groups in total. The van der Waals surface area contributed by atoms with E-state index >= 15 is 0 Å². The van der Waals surface area contributed by atoms with Crippen molar-refractivity contribution in [2.24, 2.45) is 0 Å². The quantitative estimate of drug-likeness (QED) is 0.748. The molecule has 140 valence electrons. The zero-order valence-electron chi connectivity index (χ0n) is 14.7. The topological polar surface area (TPSA) is 59.8 Å². The molecule has 0 fully saturated rings. The van der Waals surface area contributed by atoms with Gasteiger partial charge in [0.25, 0.3) is 0 Å². The minimum atomic E-state index is -4.52. The van der Waals surface area contributed by atoms with Gasteiger partial charge >= 0.3 is 6.18 Å². The van der Waals surface area contributed by atoms with Crippen LogP contribution in [0.25, 0.3) is 5.69 Å². The fourth-order valence-corrected chi connectivity index (χ4v) is 2.64. The molecule has 0 saturated heterocycles. The Kier molecular flexibility index (Phi) is 4.98. The SMILES string of the molecule is Cc1ccc(CC(=O)Nc2cc(C(F)(F)F)ccc2-n2cncn2)cc1C. The van der Waals surface area contributed by atoms with Crippen LogP contribution < -0.4 is 5.32 Å². The minimum Gasteiger partial charge on any atom is -0.324 e. The lowest BCUT2D eigenvalue weighted by Crippen LogP contribution is -2.17. The molecule has 27 heavy (non-hydrogen) atoms. The molecular weight excluding hydrogens is 357 g/mol. The van der Waals surface area contributed by atoms with Crippen molar-refractivity contribution in [2.75, 3.05) is 5.32 Å². The summed E-state index contributed by atoms with van der Waals surface area (Å²) in [6.07, 6.45) is -1.86. The number of hydrogen-bond acceptors (Lipinski definition) is 3. The minimum absolute atomic E-state index is 0.0177. The predicted molar refractivity (Wildman–Crippen MR) is 94.6 cm³/mol. The number of benzene rings is 2. The summed E-state index contributed by atoms with van der Waals surface area (Å²) in [5.74, 6) is -0.418. The van der Waals surface area contributed by atoms with Gasteiger partial charge in [0.05, 0.1) is 23.4 Å². The largest absolute Gasteiger partial charge is 0.416 e. The molecule has 0 aliphatic heterocycles. The number of nitrogens with zero attached hydrogens (tertiary/aromatic N) is 3. The molecular formula is C19H17F3N4O. The second kappa shape index (κ2) is 7.22. The van der Waals surface area contributed by atoms with Crippen LogP contribution >= 0.6 is 0 Å². The Balaban J connectivity index is 1.89. The normalized spacial score (nSPS) is 11.4. The van der Waals surface area contributed by atoms with Gasteiger partial charge in [-0.05, 0) is 48.7 Å². The van der Waals surface area contributed by atoms with Gasteiger partial charge in [-0.1, -0.05) is 18.2 Å². The molecule has 0 radical (unpaired) electrons. The first-order valence-corrected chi connectivity index (χ1v) is 8.16. The smallest absolute Gasteiger partial charge is 0.324 e. The van der Waals surface area contributed by atoms with E-state index in [0.717, 1.165) is 28.8 Å². The van der Waals surface area contributed by atoms with Gasteiger partial charge in [0.15, 0.2) is 0 Å². The van der Waals surface area contributed by atoms with Crippen LogP contribution in [-0.2, 0) is 17.4 Å². The first kappa shape index (κ1) is 18.6. The highest BCUT2D eigenvalue weighted by atomic mass is 19.4. The standard InChI is InChI=1S/C19H17F3N4O/c1-12-3-4-14(7-13(12)2)8-18(27)25-16-9-15(19(20,21)22)5-6-17(16)26-11-23-10-24-26/h3-7,9-11H,8H2,1-2H3,(H,25,27). The number of aryl methyl sites for hydroxylation is 2. The third kappa shape index (κ3) is 4.33. The van der Waals surface area contributed by atoms with Crippen molar-refractivity contribution < 1.29 is 18.0 Å². The Bertz CT molecular complexity index is 966. The fraction of sp³-hybridized carbons (Fsp3) is 0.211. The van der Waals surface area contributed by atoms with E-state index in [1.807, 2.05) is 32.0 Å². The Morgan fingerprint density at radius 3 is 2.52 bits per heavy atom. The van der Waals surface area contributed by atoms with E-state index in [1.54, 1.807) is 0 Å². The van der Waals surface area contributed by atoms with E-state index in [-0.39, 0.29) is 12.1 Å². The van der Waals surface area contributed by atoms with Gasteiger partial charge in [-0.15, -0.1) is 0 Å². The third-order valence-corrected chi connectivity index (χ3v) is 4.20. The van der Waals surface area contributed by atoms with E-state index in [0.29, 0.717) is 5.69 Å². The predicted octanol–water partition coefficient (Wildman–Crippen LogP) is 4.08.